The van der Waals surface area contributed by atoms with Gasteiger partial charge in [-0.1, -0.05) is 25.1 Å². The number of nitrogens with zero attached hydrogens (tertiary/aromatic N) is 3. The van der Waals surface area contributed by atoms with Crippen molar-refractivity contribution in [3.63, 3.8) is 0 Å². The molecule has 0 radical (unpaired) electrons. The molecule has 0 N–H and O–H groups in total. The van der Waals surface area contributed by atoms with E-state index in [1.165, 1.54) is 24.0 Å². The number of carbonyl (C=O) groups is 2. The molecule has 142 valence electrons. The number of piperazine rings is 1. The minimum absolute atomic E-state index is 0.0350. The van der Waals surface area contributed by atoms with Crippen molar-refractivity contribution in [1.82, 2.24) is 14.7 Å². The van der Waals surface area contributed by atoms with E-state index < -0.39 is 0 Å². The maximum absolute atomic E-state index is 12.7. The predicted octanol–water partition coefficient (Wildman–Crippen LogP) is 2.21. The number of rotatable bonds is 5. The van der Waals surface area contributed by atoms with Gasteiger partial charge in [-0.25, -0.2) is 0 Å². The lowest BCUT2D eigenvalue weighted by atomic mass is 10.1. The molecular weight excluding hydrogens is 326 g/mol. The van der Waals surface area contributed by atoms with E-state index in [-0.39, 0.29) is 24.3 Å². The first-order valence-electron chi connectivity index (χ1n) is 9.79. The van der Waals surface area contributed by atoms with Crippen LogP contribution in [0.4, 0.5) is 0 Å². The van der Waals surface area contributed by atoms with Crippen molar-refractivity contribution < 1.29 is 9.59 Å². The Labute approximate surface area is 156 Å². The molecule has 1 aromatic carbocycles. The molecule has 0 bridgehead atoms. The molecule has 2 saturated heterocycles. The summed E-state index contributed by atoms with van der Waals surface area (Å²) in [4.78, 5) is 31.2. The van der Waals surface area contributed by atoms with Gasteiger partial charge < -0.3 is 14.7 Å². The molecule has 26 heavy (non-hydrogen) atoms. The third kappa shape index (κ3) is 4.44. The Morgan fingerprint density at radius 3 is 2.46 bits per heavy atom. The largest absolute Gasteiger partial charge is 0.335 e. The Morgan fingerprint density at radius 1 is 1.08 bits per heavy atom. The lowest BCUT2D eigenvalue weighted by Gasteiger charge is -2.36. The smallest absolute Gasteiger partial charge is 0.242 e. The maximum Gasteiger partial charge on any atom is 0.242 e. The molecule has 1 atom stereocenters. The highest BCUT2D eigenvalue weighted by Crippen LogP contribution is 2.16. The molecule has 0 saturated carbocycles. The average Bonchev–Trinajstić information content (AvgIpc) is 3.12. The Hall–Kier alpha value is -1.88. The van der Waals surface area contributed by atoms with Crippen LogP contribution in [0.2, 0.25) is 0 Å². The highest BCUT2D eigenvalue weighted by molar-refractivity contribution is 5.87. The zero-order valence-electron chi connectivity index (χ0n) is 16.3. The second-order valence-corrected chi connectivity index (χ2v) is 7.90. The summed E-state index contributed by atoms with van der Waals surface area (Å²) in [6.07, 6.45) is 2.47. The summed E-state index contributed by atoms with van der Waals surface area (Å²) in [6, 6.07) is 6.35. The van der Waals surface area contributed by atoms with Crippen LogP contribution in [-0.2, 0) is 16.1 Å². The van der Waals surface area contributed by atoms with Gasteiger partial charge in [0, 0.05) is 32.1 Å². The van der Waals surface area contributed by atoms with Gasteiger partial charge in [0.05, 0.1) is 6.54 Å². The molecule has 5 heteroatoms. The van der Waals surface area contributed by atoms with Gasteiger partial charge >= 0.3 is 0 Å². The minimum atomic E-state index is -0.0350. The number of hydrogen-bond donors (Lipinski definition) is 0. The van der Waals surface area contributed by atoms with Crippen molar-refractivity contribution in [1.29, 1.82) is 0 Å². The van der Waals surface area contributed by atoms with Crippen molar-refractivity contribution in [2.24, 2.45) is 5.92 Å². The normalized spacial score (nSPS) is 19.9. The van der Waals surface area contributed by atoms with Crippen molar-refractivity contribution >= 4 is 11.8 Å². The van der Waals surface area contributed by atoms with Crippen molar-refractivity contribution in [2.75, 3.05) is 39.3 Å². The molecule has 0 aromatic heterocycles. The molecule has 2 aliphatic rings. The van der Waals surface area contributed by atoms with Gasteiger partial charge in [0.1, 0.15) is 0 Å². The summed E-state index contributed by atoms with van der Waals surface area (Å²) in [6.45, 7) is 11.3. The zero-order chi connectivity index (χ0) is 18.7. The standard InChI is InChI=1S/C21H31N3O2/c1-16-6-7-19(12-17(16)2)14-23-10-11-24(15-20(23)25)21(26)18(3)13-22-8-4-5-9-22/h6-7,12,18H,4-5,8-11,13-15H2,1-3H3/t18-/m0/s1. The van der Waals surface area contributed by atoms with E-state index in [1.807, 2.05) is 11.8 Å². The number of aryl methyl sites for hydroxylation is 2. The van der Waals surface area contributed by atoms with E-state index in [2.05, 4.69) is 36.9 Å². The molecule has 2 fully saturated rings. The number of likely N-dealkylation sites (tertiary alicyclic amines) is 1. The first-order valence-corrected chi connectivity index (χ1v) is 9.79. The van der Waals surface area contributed by atoms with Gasteiger partial charge in [-0.3, -0.25) is 9.59 Å². The number of carbonyl (C=O) groups excluding carboxylic acids is 2. The zero-order valence-corrected chi connectivity index (χ0v) is 16.3. The molecular formula is C21H31N3O2. The summed E-state index contributed by atoms with van der Waals surface area (Å²) in [7, 11) is 0. The molecule has 1 aromatic rings. The Morgan fingerprint density at radius 2 is 1.81 bits per heavy atom. The Bertz CT molecular complexity index is 667. The van der Waals surface area contributed by atoms with Gasteiger partial charge in [-0.05, 0) is 56.5 Å². The SMILES string of the molecule is Cc1ccc(CN2CCN(C(=O)[C@@H](C)CN3CCCC3)CC2=O)cc1C. The third-order valence-corrected chi connectivity index (χ3v) is 5.73. The Kier molecular flexibility index (Phi) is 5.97. The summed E-state index contributed by atoms with van der Waals surface area (Å²) in [5, 5.41) is 0. The summed E-state index contributed by atoms with van der Waals surface area (Å²) >= 11 is 0. The molecule has 5 nitrogen and oxygen atoms in total. The lowest BCUT2D eigenvalue weighted by molar-refractivity contribution is -0.148. The third-order valence-electron chi connectivity index (χ3n) is 5.73. The monoisotopic (exact) mass is 357 g/mol. The maximum atomic E-state index is 12.7. The van der Waals surface area contributed by atoms with E-state index in [4.69, 9.17) is 0 Å². The summed E-state index contributed by atoms with van der Waals surface area (Å²) in [5.41, 5.74) is 3.67. The van der Waals surface area contributed by atoms with Gasteiger partial charge in [0.15, 0.2) is 0 Å². The first kappa shape index (κ1) is 18.9. The van der Waals surface area contributed by atoms with Gasteiger partial charge in [0.2, 0.25) is 11.8 Å². The minimum Gasteiger partial charge on any atom is -0.335 e. The van der Waals surface area contributed by atoms with Crippen LogP contribution in [0.25, 0.3) is 0 Å². The molecule has 0 aliphatic carbocycles. The fraction of sp³-hybridized carbons (Fsp3) is 0.619. The molecule has 2 heterocycles. The number of hydrogen-bond acceptors (Lipinski definition) is 3. The van der Waals surface area contributed by atoms with Crippen molar-refractivity contribution in [2.45, 2.75) is 40.2 Å². The van der Waals surface area contributed by atoms with Gasteiger partial charge in [-0.2, -0.15) is 0 Å². The number of benzene rings is 1. The van der Waals surface area contributed by atoms with E-state index in [1.54, 1.807) is 4.90 Å². The van der Waals surface area contributed by atoms with Crippen molar-refractivity contribution in [3.05, 3.63) is 34.9 Å². The van der Waals surface area contributed by atoms with Crippen molar-refractivity contribution in [3.8, 4) is 0 Å². The number of amides is 2. The van der Waals surface area contributed by atoms with Crippen LogP contribution in [0.15, 0.2) is 18.2 Å². The molecule has 0 unspecified atom stereocenters. The van der Waals surface area contributed by atoms with E-state index in [0.29, 0.717) is 19.6 Å². The van der Waals surface area contributed by atoms with E-state index in [9.17, 15) is 9.59 Å². The van der Waals surface area contributed by atoms with Crippen LogP contribution < -0.4 is 0 Å². The summed E-state index contributed by atoms with van der Waals surface area (Å²) < 4.78 is 0. The molecule has 2 aliphatic heterocycles. The lowest BCUT2D eigenvalue weighted by Crippen LogP contribution is -2.53. The van der Waals surface area contributed by atoms with Crippen LogP contribution in [0.3, 0.4) is 0 Å². The fourth-order valence-corrected chi connectivity index (χ4v) is 3.93. The molecule has 2 amide bonds. The van der Waals surface area contributed by atoms with Crippen LogP contribution >= 0.6 is 0 Å². The van der Waals surface area contributed by atoms with Crippen LogP contribution in [0.1, 0.15) is 36.5 Å². The Balaban J connectivity index is 1.53. The van der Waals surface area contributed by atoms with Crippen LogP contribution in [0.5, 0.6) is 0 Å². The topological polar surface area (TPSA) is 43.9 Å². The molecule has 3 rings (SSSR count). The van der Waals surface area contributed by atoms with Gasteiger partial charge in [0.25, 0.3) is 0 Å². The average molecular weight is 357 g/mol. The predicted molar refractivity (Wildman–Crippen MR) is 103 cm³/mol. The fourth-order valence-electron chi connectivity index (χ4n) is 3.93. The summed E-state index contributed by atoms with van der Waals surface area (Å²) in [5.74, 6) is 0.138. The quantitative estimate of drug-likeness (QED) is 0.811. The highest BCUT2D eigenvalue weighted by Gasteiger charge is 2.30. The van der Waals surface area contributed by atoms with Crippen LogP contribution in [0, 0.1) is 19.8 Å². The van der Waals surface area contributed by atoms with Gasteiger partial charge in [-0.15, -0.1) is 0 Å². The highest BCUT2D eigenvalue weighted by atomic mass is 16.2. The van der Waals surface area contributed by atoms with Crippen LogP contribution in [-0.4, -0.2) is 65.8 Å². The van der Waals surface area contributed by atoms with E-state index in [0.717, 1.165) is 25.2 Å². The second-order valence-electron chi connectivity index (χ2n) is 7.90. The van der Waals surface area contributed by atoms with E-state index >= 15 is 0 Å². The molecule has 0 spiro atoms. The second kappa shape index (κ2) is 8.21. The first-order chi connectivity index (χ1) is 12.4.